The van der Waals surface area contributed by atoms with E-state index >= 15 is 0 Å². The molecule has 1 aliphatic rings. The van der Waals surface area contributed by atoms with Crippen molar-refractivity contribution < 1.29 is 0 Å². The molecule has 1 nitrogen and oxygen atoms in total. The first-order valence-electron chi connectivity index (χ1n) is 5.48. The first-order chi connectivity index (χ1) is 6.09. The van der Waals surface area contributed by atoms with Crippen molar-refractivity contribution >= 4 is 0 Å². The van der Waals surface area contributed by atoms with Gasteiger partial charge >= 0.3 is 0 Å². The molecule has 1 heterocycles. The lowest BCUT2D eigenvalue weighted by Gasteiger charge is -2.34. The number of piperidine rings is 1. The van der Waals surface area contributed by atoms with Gasteiger partial charge in [0.15, 0.2) is 0 Å². The van der Waals surface area contributed by atoms with Crippen LogP contribution in [0.1, 0.15) is 40.5 Å². The lowest BCUT2D eigenvalue weighted by atomic mass is 9.95. The second kappa shape index (κ2) is 4.80. The summed E-state index contributed by atoms with van der Waals surface area (Å²) in [7, 11) is 0. The lowest BCUT2D eigenvalue weighted by molar-refractivity contribution is 0.158. The number of rotatable bonds is 2. The minimum Gasteiger partial charge on any atom is -0.300 e. The van der Waals surface area contributed by atoms with E-state index in [2.05, 4.69) is 38.7 Å². The van der Waals surface area contributed by atoms with Crippen molar-refractivity contribution in [3.8, 4) is 0 Å². The van der Waals surface area contributed by atoms with Crippen molar-refractivity contribution in [1.82, 2.24) is 4.90 Å². The molecule has 0 spiro atoms. The first kappa shape index (κ1) is 10.8. The van der Waals surface area contributed by atoms with E-state index in [0.717, 1.165) is 5.92 Å². The van der Waals surface area contributed by atoms with E-state index in [1.165, 1.54) is 31.5 Å². The molecule has 1 aliphatic heterocycles. The summed E-state index contributed by atoms with van der Waals surface area (Å²) in [5, 5.41) is 0. The Balaban J connectivity index is 2.47. The molecule has 0 radical (unpaired) electrons. The Hall–Kier alpha value is -0.300. The number of hydrogen-bond acceptors (Lipinski definition) is 1. The highest BCUT2D eigenvalue weighted by molar-refractivity contribution is 4.99. The van der Waals surface area contributed by atoms with E-state index in [0.29, 0.717) is 6.04 Å². The van der Waals surface area contributed by atoms with Gasteiger partial charge < -0.3 is 4.90 Å². The van der Waals surface area contributed by atoms with E-state index in [-0.39, 0.29) is 0 Å². The monoisotopic (exact) mass is 181 g/mol. The van der Waals surface area contributed by atoms with E-state index < -0.39 is 0 Å². The van der Waals surface area contributed by atoms with Crippen molar-refractivity contribution in [1.29, 1.82) is 0 Å². The third-order valence-corrected chi connectivity index (χ3v) is 2.79. The summed E-state index contributed by atoms with van der Waals surface area (Å²) >= 11 is 0. The molecule has 0 amide bonds. The second-order valence-electron chi connectivity index (χ2n) is 4.74. The highest BCUT2D eigenvalue weighted by Crippen LogP contribution is 2.20. The van der Waals surface area contributed by atoms with Gasteiger partial charge in [-0.05, 0) is 53.0 Å². The van der Waals surface area contributed by atoms with Crippen LogP contribution in [0.15, 0.2) is 11.6 Å². The highest BCUT2D eigenvalue weighted by Gasteiger charge is 2.19. The minimum atomic E-state index is 0.716. The van der Waals surface area contributed by atoms with Crippen molar-refractivity contribution in [3.63, 3.8) is 0 Å². The van der Waals surface area contributed by atoms with Crippen molar-refractivity contribution in [2.45, 2.75) is 46.6 Å². The van der Waals surface area contributed by atoms with Crippen molar-refractivity contribution in [3.05, 3.63) is 11.6 Å². The van der Waals surface area contributed by atoms with Gasteiger partial charge in [-0.25, -0.2) is 0 Å². The fourth-order valence-electron chi connectivity index (χ4n) is 2.12. The van der Waals surface area contributed by atoms with Gasteiger partial charge in [-0.3, -0.25) is 0 Å². The van der Waals surface area contributed by atoms with Crippen LogP contribution in [0.2, 0.25) is 0 Å². The molecule has 0 aliphatic carbocycles. The van der Waals surface area contributed by atoms with Crippen LogP contribution < -0.4 is 0 Å². The van der Waals surface area contributed by atoms with Crippen LogP contribution in [0.4, 0.5) is 0 Å². The summed E-state index contributed by atoms with van der Waals surface area (Å²) in [6, 6.07) is 0.716. The minimum absolute atomic E-state index is 0.716. The van der Waals surface area contributed by atoms with Gasteiger partial charge in [0.05, 0.1) is 0 Å². The maximum Gasteiger partial charge on any atom is 0.00471 e. The number of hydrogen-bond donors (Lipinski definition) is 0. The molecule has 0 N–H and O–H groups in total. The Labute approximate surface area is 82.8 Å². The van der Waals surface area contributed by atoms with Crippen LogP contribution in [0, 0.1) is 5.92 Å². The van der Waals surface area contributed by atoms with Gasteiger partial charge in [-0.15, -0.1) is 0 Å². The van der Waals surface area contributed by atoms with Crippen LogP contribution in [-0.4, -0.2) is 24.0 Å². The summed E-state index contributed by atoms with van der Waals surface area (Å²) in [6.07, 6.45) is 5.19. The van der Waals surface area contributed by atoms with E-state index in [9.17, 15) is 0 Å². The van der Waals surface area contributed by atoms with E-state index in [4.69, 9.17) is 0 Å². The maximum atomic E-state index is 2.59. The van der Waals surface area contributed by atoms with E-state index in [1.807, 2.05) is 0 Å². The zero-order chi connectivity index (χ0) is 9.84. The van der Waals surface area contributed by atoms with Crippen LogP contribution in [0.3, 0.4) is 0 Å². The molecule has 0 aromatic rings. The molecule has 1 atom stereocenters. The topological polar surface area (TPSA) is 3.24 Å². The first-order valence-corrected chi connectivity index (χ1v) is 5.48. The van der Waals surface area contributed by atoms with Gasteiger partial charge in [0.1, 0.15) is 0 Å². The Morgan fingerprint density at radius 3 is 2.62 bits per heavy atom. The van der Waals surface area contributed by atoms with Gasteiger partial charge in [-0.1, -0.05) is 11.6 Å². The third-order valence-electron chi connectivity index (χ3n) is 2.79. The van der Waals surface area contributed by atoms with Crippen LogP contribution >= 0.6 is 0 Å². The van der Waals surface area contributed by atoms with Gasteiger partial charge in [0, 0.05) is 12.6 Å². The molecule has 0 bridgehead atoms. The van der Waals surface area contributed by atoms with Crippen LogP contribution in [0.5, 0.6) is 0 Å². The Morgan fingerprint density at radius 1 is 1.38 bits per heavy atom. The van der Waals surface area contributed by atoms with Crippen molar-refractivity contribution in [2.75, 3.05) is 13.1 Å². The lowest BCUT2D eigenvalue weighted by Crippen LogP contribution is -2.39. The summed E-state index contributed by atoms with van der Waals surface area (Å²) in [4.78, 5) is 2.59. The highest BCUT2D eigenvalue weighted by atomic mass is 15.1. The molecular formula is C12H23N. The smallest absolute Gasteiger partial charge is 0.00471 e. The predicted octanol–water partition coefficient (Wildman–Crippen LogP) is 3.07. The number of likely N-dealkylation sites (tertiary alicyclic amines) is 1. The Bertz CT molecular complexity index is 178. The predicted molar refractivity (Wildman–Crippen MR) is 58.9 cm³/mol. The zero-order valence-corrected chi connectivity index (χ0v) is 9.51. The van der Waals surface area contributed by atoms with E-state index in [1.54, 1.807) is 0 Å². The zero-order valence-electron chi connectivity index (χ0n) is 9.51. The second-order valence-corrected chi connectivity index (χ2v) is 4.74. The summed E-state index contributed by atoms with van der Waals surface area (Å²) < 4.78 is 0. The summed E-state index contributed by atoms with van der Waals surface area (Å²) in [5.41, 5.74) is 1.47. The average Bonchev–Trinajstić information content (AvgIpc) is 2.03. The van der Waals surface area contributed by atoms with Gasteiger partial charge in [0.2, 0.25) is 0 Å². The standard InChI is InChI=1S/C12H23N/c1-10(2)8-12-6-5-7-13(9-12)11(3)4/h8,11-12H,5-7,9H2,1-4H3. The molecule has 1 saturated heterocycles. The molecular weight excluding hydrogens is 158 g/mol. The summed E-state index contributed by atoms with van der Waals surface area (Å²) in [5.74, 6) is 0.807. The molecule has 0 aromatic carbocycles. The van der Waals surface area contributed by atoms with Crippen LogP contribution in [0.25, 0.3) is 0 Å². The van der Waals surface area contributed by atoms with Gasteiger partial charge in [-0.2, -0.15) is 0 Å². The fourth-order valence-corrected chi connectivity index (χ4v) is 2.12. The molecule has 0 aromatic heterocycles. The van der Waals surface area contributed by atoms with Crippen molar-refractivity contribution in [2.24, 2.45) is 5.92 Å². The SMILES string of the molecule is CC(C)=CC1CCCN(C(C)C)C1. The molecule has 76 valence electrons. The molecule has 1 rings (SSSR count). The average molecular weight is 181 g/mol. The Kier molecular flexibility index (Phi) is 3.98. The fraction of sp³-hybridized carbons (Fsp3) is 0.833. The molecule has 1 unspecified atom stereocenters. The molecule has 1 heteroatoms. The number of nitrogens with zero attached hydrogens (tertiary/aromatic N) is 1. The number of allylic oxidation sites excluding steroid dienone is 1. The molecule has 0 saturated carbocycles. The molecule has 13 heavy (non-hydrogen) atoms. The maximum absolute atomic E-state index is 2.59. The summed E-state index contributed by atoms with van der Waals surface area (Å²) in [6.45, 7) is 11.6. The Morgan fingerprint density at radius 2 is 2.08 bits per heavy atom. The quantitative estimate of drug-likeness (QED) is 0.592. The van der Waals surface area contributed by atoms with Crippen LogP contribution in [-0.2, 0) is 0 Å². The largest absolute Gasteiger partial charge is 0.300 e. The van der Waals surface area contributed by atoms with Gasteiger partial charge in [0.25, 0.3) is 0 Å². The normalized spacial score (nSPS) is 24.8. The third kappa shape index (κ3) is 3.51. The molecule has 1 fully saturated rings.